The summed E-state index contributed by atoms with van der Waals surface area (Å²) in [4.78, 5) is 23.2. The number of halogens is 4. The number of anilines is 2. The smallest absolute Gasteiger partial charge is 0.351 e. The highest BCUT2D eigenvalue weighted by molar-refractivity contribution is 9.10. The van der Waals surface area contributed by atoms with Gasteiger partial charge in [-0.25, -0.2) is 9.48 Å². The first-order chi connectivity index (χ1) is 13.6. The van der Waals surface area contributed by atoms with Crippen LogP contribution >= 0.6 is 15.9 Å². The Kier molecular flexibility index (Phi) is 5.55. The van der Waals surface area contributed by atoms with Crippen molar-refractivity contribution in [2.45, 2.75) is 6.18 Å². The molecular formula is C17H12BrF3N6O2. The highest BCUT2D eigenvalue weighted by Crippen LogP contribution is 2.33. The SMILES string of the molecule is NC(=O)Nc1ccc(NC(=O)c2nnn(-c3cccc(Br)c3)c2C(F)(F)F)cc1. The number of carbonyl (C=O) groups is 2. The molecule has 0 saturated heterocycles. The Morgan fingerprint density at radius 3 is 2.21 bits per heavy atom. The Bertz CT molecular complexity index is 1070. The van der Waals surface area contributed by atoms with Crippen molar-refractivity contribution in [1.82, 2.24) is 15.0 Å². The van der Waals surface area contributed by atoms with Crippen LogP contribution in [0.2, 0.25) is 0 Å². The minimum Gasteiger partial charge on any atom is -0.351 e. The van der Waals surface area contributed by atoms with E-state index in [1.807, 2.05) is 0 Å². The lowest BCUT2D eigenvalue weighted by molar-refractivity contribution is -0.143. The van der Waals surface area contributed by atoms with E-state index >= 15 is 0 Å². The monoisotopic (exact) mass is 468 g/mol. The van der Waals surface area contributed by atoms with Crippen LogP contribution in [0, 0.1) is 0 Å². The van der Waals surface area contributed by atoms with E-state index in [9.17, 15) is 22.8 Å². The number of nitrogens with one attached hydrogen (secondary N) is 2. The number of carbonyl (C=O) groups excluding carboxylic acids is 2. The highest BCUT2D eigenvalue weighted by atomic mass is 79.9. The quantitative estimate of drug-likeness (QED) is 0.540. The molecule has 0 radical (unpaired) electrons. The molecule has 0 aliphatic rings. The van der Waals surface area contributed by atoms with E-state index in [0.717, 1.165) is 0 Å². The van der Waals surface area contributed by atoms with Crippen LogP contribution in [0.3, 0.4) is 0 Å². The molecule has 3 aromatic rings. The maximum Gasteiger partial charge on any atom is 0.435 e. The summed E-state index contributed by atoms with van der Waals surface area (Å²) in [5.74, 6) is -1.09. The van der Waals surface area contributed by atoms with Crippen molar-refractivity contribution in [2.24, 2.45) is 5.73 Å². The summed E-state index contributed by atoms with van der Waals surface area (Å²) in [5, 5.41) is 11.6. The fourth-order valence-electron chi connectivity index (χ4n) is 2.45. The van der Waals surface area contributed by atoms with Gasteiger partial charge in [0.25, 0.3) is 5.91 Å². The Hall–Kier alpha value is -3.41. The number of nitrogens with two attached hydrogens (primary N) is 1. The zero-order valence-corrected chi connectivity index (χ0v) is 16.0. The van der Waals surface area contributed by atoms with Crippen molar-refractivity contribution in [3.8, 4) is 5.69 Å². The molecule has 0 atom stereocenters. The molecule has 2 aromatic carbocycles. The Morgan fingerprint density at radius 1 is 1.03 bits per heavy atom. The third kappa shape index (κ3) is 4.71. The van der Waals surface area contributed by atoms with Gasteiger partial charge in [-0.15, -0.1) is 5.10 Å². The summed E-state index contributed by atoms with van der Waals surface area (Å²) in [5.41, 5.74) is 3.43. The standard InChI is InChI=1S/C17H12BrF3N6O2/c18-9-2-1-3-12(8-9)27-14(17(19,20)21)13(25-26-27)15(28)23-10-4-6-11(7-5-10)24-16(22)29/h1-8H,(H,23,28)(H3,22,24,29). The maximum absolute atomic E-state index is 13.7. The zero-order valence-electron chi connectivity index (χ0n) is 14.4. The third-order valence-corrected chi connectivity index (χ3v) is 4.11. The first-order valence-electron chi connectivity index (χ1n) is 7.92. The predicted octanol–water partition coefficient (Wildman–Crippen LogP) is 3.79. The molecular weight excluding hydrogens is 457 g/mol. The van der Waals surface area contributed by atoms with Crippen LogP contribution in [0.25, 0.3) is 5.69 Å². The number of aromatic nitrogens is 3. The largest absolute Gasteiger partial charge is 0.435 e. The molecule has 1 aromatic heterocycles. The van der Waals surface area contributed by atoms with Gasteiger partial charge < -0.3 is 16.4 Å². The van der Waals surface area contributed by atoms with Crippen molar-refractivity contribution in [3.63, 3.8) is 0 Å². The van der Waals surface area contributed by atoms with E-state index in [1.54, 1.807) is 6.07 Å². The van der Waals surface area contributed by atoms with Crippen molar-refractivity contribution < 1.29 is 22.8 Å². The summed E-state index contributed by atoms with van der Waals surface area (Å²) < 4.78 is 42.1. The van der Waals surface area contributed by atoms with E-state index in [4.69, 9.17) is 5.73 Å². The van der Waals surface area contributed by atoms with Gasteiger partial charge in [0.15, 0.2) is 11.4 Å². The van der Waals surface area contributed by atoms with Gasteiger partial charge in [0.05, 0.1) is 5.69 Å². The second-order valence-electron chi connectivity index (χ2n) is 5.70. The van der Waals surface area contributed by atoms with Gasteiger partial charge in [0.1, 0.15) is 0 Å². The van der Waals surface area contributed by atoms with Crippen LogP contribution in [0.5, 0.6) is 0 Å². The highest BCUT2D eigenvalue weighted by Gasteiger charge is 2.42. The molecule has 0 bridgehead atoms. The molecule has 0 aliphatic heterocycles. The lowest BCUT2D eigenvalue weighted by Gasteiger charge is -2.11. The van der Waals surface area contributed by atoms with Crippen molar-refractivity contribution in [2.75, 3.05) is 10.6 Å². The van der Waals surface area contributed by atoms with E-state index in [2.05, 4.69) is 36.9 Å². The molecule has 0 fully saturated rings. The number of amides is 3. The molecule has 8 nitrogen and oxygen atoms in total. The molecule has 12 heteroatoms. The van der Waals surface area contributed by atoms with Crippen LogP contribution in [0.4, 0.5) is 29.3 Å². The summed E-state index contributed by atoms with van der Waals surface area (Å²) in [7, 11) is 0. The number of alkyl halides is 3. The number of hydrogen-bond donors (Lipinski definition) is 3. The molecule has 0 unspecified atom stereocenters. The van der Waals surface area contributed by atoms with Crippen LogP contribution in [0.1, 0.15) is 16.2 Å². The average Bonchev–Trinajstić information content (AvgIpc) is 3.09. The lowest BCUT2D eigenvalue weighted by Crippen LogP contribution is -2.21. The van der Waals surface area contributed by atoms with Gasteiger partial charge in [-0.1, -0.05) is 27.2 Å². The minimum atomic E-state index is -4.88. The summed E-state index contributed by atoms with van der Waals surface area (Å²) >= 11 is 3.18. The molecule has 0 saturated carbocycles. The molecule has 4 N–H and O–H groups in total. The molecule has 0 aliphatic carbocycles. The van der Waals surface area contributed by atoms with Crippen LogP contribution < -0.4 is 16.4 Å². The first kappa shape index (κ1) is 20.3. The third-order valence-electron chi connectivity index (χ3n) is 3.62. The molecule has 0 spiro atoms. The number of urea groups is 1. The average molecular weight is 469 g/mol. The number of primary amides is 1. The molecule has 1 heterocycles. The van der Waals surface area contributed by atoms with Crippen molar-refractivity contribution >= 4 is 39.2 Å². The molecule has 150 valence electrons. The normalized spacial score (nSPS) is 11.2. The van der Waals surface area contributed by atoms with Crippen molar-refractivity contribution in [3.05, 3.63) is 64.4 Å². The number of benzene rings is 2. The summed E-state index contributed by atoms with van der Waals surface area (Å²) in [6, 6.07) is 10.8. The van der Waals surface area contributed by atoms with E-state index in [1.165, 1.54) is 42.5 Å². The zero-order chi connectivity index (χ0) is 21.2. The van der Waals surface area contributed by atoms with Gasteiger partial charge in [0.2, 0.25) is 0 Å². The Morgan fingerprint density at radius 2 is 1.66 bits per heavy atom. The van der Waals surface area contributed by atoms with Crippen molar-refractivity contribution in [1.29, 1.82) is 0 Å². The Labute approximate surface area is 170 Å². The van der Waals surface area contributed by atoms with Gasteiger partial charge in [0, 0.05) is 15.8 Å². The second kappa shape index (κ2) is 7.91. The van der Waals surface area contributed by atoms with Crippen LogP contribution in [-0.2, 0) is 6.18 Å². The van der Waals surface area contributed by atoms with E-state index in [-0.39, 0.29) is 11.4 Å². The Balaban J connectivity index is 1.92. The number of hydrogen-bond acceptors (Lipinski definition) is 4. The first-order valence-corrected chi connectivity index (χ1v) is 8.71. The van der Waals surface area contributed by atoms with E-state index < -0.39 is 29.5 Å². The van der Waals surface area contributed by atoms with Gasteiger partial charge in [-0.05, 0) is 42.5 Å². The number of rotatable bonds is 4. The van der Waals surface area contributed by atoms with Gasteiger partial charge in [-0.2, -0.15) is 13.2 Å². The predicted molar refractivity (Wildman–Crippen MR) is 102 cm³/mol. The fraction of sp³-hybridized carbons (Fsp3) is 0.0588. The molecule has 3 rings (SSSR count). The molecule has 29 heavy (non-hydrogen) atoms. The topological polar surface area (TPSA) is 115 Å². The van der Waals surface area contributed by atoms with Crippen LogP contribution in [-0.4, -0.2) is 26.9 Å². The van der Waals surface area contributed by atoms with E-state index in [0.29, 0.717) is 14.8 Å². The van der Waals surface area contributed by atoms with Gasteiger partial charge in [-0.3, -0.25) is 4.79 Å². The second-order valence-corrected chi connectivity index (χ2v) is 6.61. The molecule has 3 amide bonds. The minimum absolute atomic E-state index is 0.0835. The number of nitrogens with zero attached hydrogens (tertiary/aromatic N) is 3. The lowest BCUT2D eigenvalue weighted by atomic mass is 10.2. The fourth-order valence-corrected chi connectivity index (χ4v) is 2.83. The summed E-state index contributed by atoms with van der Waals surface area (Å²) in [6.45, 7) is 0. The maximum atomic E-state index is 13.7. The van der Waals surface area contributed by atoms with Gasteiger partial charge >= 0.3 is 12.2 Å². The summed E-state index contributed by atoms with van der Waals surface area (Å²) in [6.07, 6.45) is -4.88. The van der Waals surface area contributed by atoms with Crippen LogP contribution in [0.15, 0.2) is 53.0 Å².